The molecule has 0 N–H and O–H groups in total. The normalized spacial score (nSPS) is 12.2. The van der Waals surface area contributed by atoms with E-state index in [0.29, 0.717) is 0 Å². The Morgan fingerprint density at radius 2 is 1.27 bits per heavy atom. The lowest BCUT2D eigenvalue weighted by Gasteiger charge is -2.09. The summed E-state index contributed by atoms with van der Waals surface area (Å²) in [4.78, 5) is 0. The number of hydrogen-bond acceptors (Lipinski definition) is 1. The SMILES string of the molecule is CC(=C1c2ccccc2-c2ccccc21)c1cc(C)oc1C. The molecule has 1 heterocycles. The summed E-state index contributed by atoms with van der Waals surface area (Å²) in [6.07, 6.45) is 0. The molecule has 1 nitrogen and oxygen atoms in total. The highest BCUT2D eigenvalue weighted by Gasteiger charge is 2.25. The van der Waals surface area contributed by atoms with Crippen LogP contribution in [-0.2, 0) is 0 Å². The Morgan fingerprint density at radius 3 is 1.73 bits per heavy atom. The van der Waals surface area contributed by atoms with E-state index in [2.05, 4.69) is 61.5 Å². The van der Waals surface area contributed by atoms with Crippen LogP contribution in [0.1, 0.15) is 35.1 Å². The quantitative estimate of drug-likeness (QED) is 0.427. The Balaban J connectivity index is 2.06. The first-order valence-corrected chi connectivity index (χ1v) is 7.64. The van der Waals surface area contributed by atoms with Gasteiger partial charge in [-0.1, -0.05) is 48.5 Å². The molecule has 0 saturated heterocycles. The first-order chi connectivity index (χ1) is 10.7. The van der Waals surface area contributed by atoms with Gasteiger partial charge in [0.2, 0.25) is 0 Å². The fourth-order valence-corrected chi connectivity index (χ4v) is 3.56. The zero-order valence-corrected chi connectivity index (χ0v) is 13.1. The third-order valence-corrected chi connectivity index (χ3v) is 4.50. The molecule has 4 rings (SSSR count). The van der Waals surface area contributed by atoms with Gasteiger partial charge in [0.15, 0.2) is 0 Å². The van der Waals surface area contributed by atoms with Gasteiger partial charge in [0.25, 0.3) is 0 Å². The first-order valence-electron chi connectivity index (χ1n) is 7.64. The van der Waals surface area contributed by atoms with Crippen LogP contribution in [0, 0.1) is 13.8 Å². The molecule has 3 aromatic rings. The molecule has 0 atom stereocenters. The van der Waals surface area contributed by atoms with Gasteiger partial charge in [-0.15, -0.1) is 0 Å². The summed E-state index contributed by atoms with van der Waals surface area (Å²) >= 11 is 0. The molecule has 0 amide bonds. The van der Waals surface area contributed by atoms with Crippen molar-refractivity contribution in [1.82, 2.24) is 0 Å². The van der Waals surface area contributed by atoms with Gasteiger partial charge in [-0.05, 0) is 60.2 Å². The molecule has 1 aliphatic carbocycles. The minimum atomic E-state index is 0.965. The first kappa shape index (κ1) is 13.1. The molecule has 1 aromatic heterocycles. The van der Waals surface area contributed by atoms with Gasteiger partial charge in [0.1, 0.15) is 11.5 Å². The lowest BCUT2D eigenvalue weighted by Crippen LogP contribution is -1.88. The van der Waals surface area contributed by atoms with Gasteiger partial charge >= 0.3 is 0 Å². The standard InChI is InChI=1S/C21H18O/c1-13-12-20(15(3)22-13)14(2)21-18-10-6-4-8-16(18)17-9-5-7-11-19(17)21/h4-12H,1-3H3. The second kappa shape index (κ2) is 4.74. The summed E-state index contributed by atoms with van der Waals surface area (Å²) in [5, 5.41) is 0. The number of aryl methyl sites for hydroxylation is 2. The molecule has 0 unspecified atom stereocenters. The van der Waals surface area contributed by atoms with Crippen LogP contribution in [0.15, 0.2) is 59.0 Å². The summed E-state index contributed by atoms with van der Waals surface area (Å²) < 4.78 is 5.74. The average Bonchev–Trinajstić information content (AvgIpc) is 3.04. The fourth-order valence-electron chi connectivity index (χ4n) is 3.56. The average molecular weight is 286 g/mol. The number of fused-ring (bicyclic) bond motifs is 3. The zero-order valence-electron chi connectivity index (χ0n) is 13.1. The minimum absolute atomic E-state index is 0.965. The van der Waals surface area contributed by atoms with Crippen molar-refractivity contribution in [2.75, 3.05) is 0 Å². The number of allylic oxidation sites excluding steroid dienone is 1. The number of benzene rings is 2. The van der Waals surface area contributed by atoms with E-state index >= 15 is 0 Å². The molecule has 0 spiro atoms. The Morgan fingerprint density at radius 1 is 0.773 bits per heavy atom. The van der Waals surface area contributed by atoms with Gasteiger partial charge in [-0.2, -0.15) is 0 Å². The summed E-state index contributed by atoms with van der Waals surface area (Å²) in [5.74, 6) is 1.95. The van der Waals surface area contributed by atoms with Crippen molar-refractivity contribution >= 4 is 11.1 Å². The molecule has 108 valence electrons. The smallest absolute Gasteiger partial charge is 0.108 e. The van der Waals surface area contributed by atoms with Crippen molar-refractivity contribution in [2.24, 2.45) is 0 Å². The molecule has 0 saturated carbocycles. The van der Waals surface area contributed by atoms with E-state index in [9.17, 15) is 0 Å². The number of furan rings is 1. The van der Waals surface area contributed by atoms with E-state index < -0.39 is 0 Å². The van der Waals surface area contributed by atoms with Crippen molar-refractivity contribution in [2.45, 2.75) is 20.8 Å². The van der Waals surface area contributed by atoms with Crippen molar-refractivity contribution in [3.63, 3.8) is 0 Å². The second-order valence-electron chi connectivity index (χ2n) is 5.92. The van der Waals surface area contributed by atoms with Gasteiger partial charge in [-0.3, -0.25) is 0 Å². The highest BCUT2D eigenvalue weighted by molar-refractivity contribution is 6.10. The predicted molar refractivity (Wildman–Crippen MR) is 91.7 cm³/mol. The van der Waals surface area contributed by atoms with Crippen LogP contribution in [0.25, 0.3) is 22.3 Å². The molecule has 0 bridgehead atoms. The van der Waals surface area contributed by atoms with E-state index in [4.69, 9.17) is 4.42 Å². The molecule has 2 aromatic carbocycles. The van der Waals surface area contributed by atoms with Gasteiger partial charge < -0.3 is 4.42 Å². The van der Waals surface area contributed by atoms with Crippen molar-refractivity contribution in [3.05, 3.63) is 82.8 Å². The Hall–Kier alpha value is -2.54. The monoisotopic (exact) mass is 286 g/mol. The minimum Gasteiger partial charge on any atom is -0.466 e. The molecule has 22 heavy (non-hydrogen) atoms. The molecule has 1 aliphatic rings. The summed E-state index contributed by atoms with van der Waals surface area (Å²) in [7, 11) is 0. The highest BCUT2D eigenvalue weighted by Crippen LogP contribution is 2.47. The van der Waals surface area contributed by atoms with Crippen LogP contribution in [0.2, 0.25) is 0 Å². The third-order valence-electron chi connectivity index (χ3n) is 4.50. The van der Waals surface area contributed by atoms with Crippen molar-refractivity contribution in [1.29, 1.82) is 0 Å². The molecule has 1 heteroatoms. The van der Waals surface area contributed by atoms with Crippen LogP contribution >= 0.6 is 0 Å². The largest absolute Gasteiger partial charge is 0.466 e. The van der Waals surface area contributed by atoms with Crippen LogP contribution in [0.4, 0.5) is 0 Å². The van der Waals surface area contributed by atoms with E-state index in [1.165, 1.54) is 39.0 Å². The van der Waals surface area contributed by atoms with E-state index in [0.717, 1.165) is 11.5 Å². The predicted octanol–water partition coefficient (Wildman–Crippen LogP) is 5.86. The number of rotatable bonds is 1. The lowest BCUT2D eigenvalue weighted by molar-refractivity contribution is 0.504. The number of hydrogen-bond donors (Lipinski definition) is 0. The zero-order chi connectivity index (χ0) is 15.3. The summed E-state index contributed by atoms with van der Waals surface area (Å²) in [6, 6.07) is 19.5. The van der Waals surface area contributed by atoms with Crippen molar-refractivity contribution < 1.29 is 4.42 Å². The van der Waals surface area contributed by atoms with Crippen LogP contribution in [0.5, 0.6) is 0 Å². The highest BCUT2D eigenvalue weighted by atomic mass is 16.3. The Kier molecular flexibility index (Phi) is 2.83. The maximum absolute atomic E-state index is 5.74. The fraction of sp³-hybridized carbons (Fsp3) is 0.143. The van der Waals surface area contributed by atoms with Crippen LogP contribution in [0.3, 0.4) is 0 Å². The molecular weight excluding hydrogens is 268 g/mol. The lowest BCUT2D eigenvalue weighted by atomic mass is 9.94. The van der Waals surface area contributed by atoms with Crippen LogP contribution < -0.4 is 0 Å². The van der Waals surface area contributed by atoms with Gasteiger partial charge in [-0.25, -0.2) is 0 Å². The molecule has 0 fully saturated rings. The molecule has 0 radical (unpaired) electrons. The van der Waals surface area contributed by atoms with E-state index in [1.54, 1.807) is 0 Å². The van der Waals surface area contributed by atoms with Gasteiger partial charge in [0, 0.05) is 5.56 Å². The maximum Gasteiger partial charge on any atom is 0.108 e. The van der Waals surface area contributed by atoms with Crippen LogP contribution in [-0.4, -0.2) is 0 Å². The second-order valence-corrected chi connectivity index (χ2v) is 5.92. The topological polar surface area (TPSA) is 13.1 Å². The molecule has 0 aliphatic heterocycles. The van der Waals surface area contributed by atoms with E-state index in [-0.39, 0.29) is 0 Å². The maximum atomic E-state index is 5.74. The van der Waals surface area contributed by atoms with Gasteiger partial charge in [0.05, 0.1) is 0 Å². The third kappa shape index (κ3) is 1.79. The Bertz CT molecular complexity index is 862. The molecular formula is C21H18O. The van der Waals surface area contributed by atoms with Crippen molar-refractivity contribution in [3.8, 4) is 11.1 Å². The summed E-state index contributed by atoms with van der Waals surface area (Å²) in [6.45, 7) is 6.25. The summed E-state index contributed by atoms with van der Waals surface area (Å²) in [5.41, 5.74) is 9.11. The Labute approximate surface area is 130 Å². The van der Waals surface area contributed by atoms with E-state index in [1.807, 2.05) is 13.8 Å².